The predicted molar refractivity (Wildman–Crippen MR) is 80.3 cm³/mol. The van der Waals surface area contributed by atoms with Crippen molar-refractivity contribution in [3.63, 3.8) is 0 Å². The predicted octanol–water partition coefficient (Wildman–Crippen LogP) is 5.05. The van der Waals surface area contributed by atoms with Gasteiger partial charge >= 0.3 is 0 Å². The molecule has 1 N–H and O–H groups in total. The molecule has 0 aliphatic carbocycles. The maximum absolute atomic E-state index is 6.19. The highest BCUT2D eigenvalue weighted by Crippen LogP contribution is 2.33. The second kappa shape index (κ2) is 4.87. The Labute approximate surface area is 121 Å². The summed E-state index contributed by atoms with van der Waals surface area (Å²) in [5.74, 6) is 0.944. The zero-order valence-electron chi connectivity index (χ0n) is 11.0. The van der Waals surface area contributed by atoms with Crippen molar-refractivity contribution in [2.75, 3.05) is 0 Å². The first-order valence-corrected chi connectivity index (χ1v) is 7.07. The van der Waals surface area contributed by atoms with Crippen molar-refractivity contribution in [3.8, 4) is 0 Å². The average molecular weight is 331 g/mol. The number of furan rings is 1. The molecule has 2 nitrogen and oxygen atoms in total. The topological polar surface area (TPSA) is 25.2 Å². The number of aryl methyl sites for hydroxylation is 1. The minimum Gasteiger partial charge on any atom is -0.458 e. The zero-order valence-corrected chi connectivity index (χ0v) is 13.4. The van der Waals surface area contributed by atoms with E-state index >= 15 is 0 Å². The van der Waals surface area contributed by atoms with Crippen molar-refractivity contribution < 1.29 is 4.42 Å². The van der Waals surface area contributed by atoms with Gasteiger partial charge in [0.25, 0.3) is 0 Å². The van der Waals surface area contributed by atoms with E-state index in [0.29, 0.717) is 11.6 Å². The lowest BCUT2D eigenvalue weighted by molar-refractivity contribution is 0.394. The lowest BCUT2D eigenvalue weighted by atomic mass is 10.1. The number of benzene rings is 1. The van der Waals surface area contributed by atoms with Gasteiger partial charge in [0.05, 0.1) is 11.6 Å². The Morgan fingerprint density at radius 1 is 1.33 bits per heavy atom. The van der Waals surface area contributed by atoms with Crippen LogP contribution in [0.25, 0.3) is 11.0 Å². The highest BCUT2D eigenvalue weighted by Gasteiger charge is 2.16. The second-order valence-electron chi connectivity index (χ2n) is 5.52. The number of hydrogen-bond donors (Lipinski definition) is 1. The first kappa shape index (κ1) is 13.9. The molecule has 2 aromatic rings. The van der Waals surface area contributed by atoms with E-state index in [9.17, 15) is 0 Å². The van der Waals surface area contributed by atoms with Gasteiger partial charge in [-0.05, 0) is 45.4 Å². The highest BCUT2D eigenvalue weighted by atomic mass is 79.9. The van der Waals surface area contributed by atoms with Crippen LogP contribution in [-0.4, -0.2) is 5.54 Å². The van der Waals surface area contributed by atoms with Gasteiger partial charge in [-0.1, -0.05) is 27.5 Å². The van der Waals surface area contributed by atoms with Crippen molar-refractivity contribution in [1.29, 1.82) is 0 Å². The van der Waals surface area contributed by atoms with E-state index in [1.807, 2.05) is 12.1 Å². The Balaban J connectivity index is 2.41. The van der Waals surface area contributed by atoms with E-state index in [-0.39, 0.29) is 5.54 Å². The summed E-state index contributed by atoms with van der Waals surface area (Å²) < 4.78 is 6.84. The number of rotatable bonds is 2. The standard InChI is InChI=1S/C14H17BrClNO/c1-8-10-5-9(15)6-11(16)13(10)18-12(8)7-17-14(2,3)4/h5-6,17H,7H2,1-4H3. The molecule has 0 amide bonds. The van der Waals surface area contributed by atoms with Gasteiger partial charge in [-0.2, -0.15) is 0 Å². The lowest BCUT2D eigenvalue weighted by Gasteiger charge is -2.19. The van der Waals surface area contributed by atoms with Gasteiger partial charge in [0.1, 0.15) is 5.76 Å². The van der Waals surface area contributed by atoms with Crippen molar-refractivity contribution in [1.82, 2.24) is 5.32 Å². The van der Waals surface area contributed by atoms with E-state index in [4.69, 9.17) is 16.0 Å². The first-order chi connectivity index (χ1) is 8.28. The van der Waals surface area contributed by atoms with Gasteiger partial charge in [-0.3, -0.25) is 0 Å². The molecule has 0 saturated carbocycles. The Kier molecular flexibility index (Phi) is 3.77. The third kappa shape index (κ3) is 2.90. The Bertz CT molecular complexity index is 583. The van der Waals surface area contributed by atoms with Crippen LogP contribution in [0.4, 0.5) is 0 Å². The quantitative estimate of drug-likeness (QED) is 0.834. The molecule has 0 bridgehead atoms. The van der Waals surface area contributed by atoms with Crippen LogP contribution in [0.2, 0.25) is 5.02 Å². The van der Waals surface area contributed by atoms with Crippen LogP contribution in [-0.2, 0) is 6.54 Å². The number of fused-ring (bicyclic) bond motifs is 1. The smallest absolute Gasteiger partial charge is 0.153 e. The Morgan fingerprint density at radius 2 is 2.00 bits per heavy atom. The van der Waals surface area contributed by atoms with Gasteiger partial charge in [0, 0.05) is 15.4 Å². The second-order valence-corrected chi connectivity index (χ2v) is 6.84. The molecule has 1 aromatic heterocycles. The Hall–Kier alpha value is -0.510. The Morgan fingerprint density at radius 3 is 2.61 bits per heavy atom. The lowest BCUT2D eigenvalue weighted by Crippen LogP contribution is -2.35. The summed E-state index contributed by atoms with van der Waals surface area (Å²) in [6.07, 6.45) is 0. The number of halogens is 2. The fourth-order valence-electron chi connectivity index (χ4n) is 1.81. The molecule has 1 aromatic carbocycles. The monoisotopic (exact) mass is 329 g/mol. The van der Waals surface area contributed by atoms with Crippen molar-refractivity contribution in [2.24, 2.45) is 0 Å². The molecule has 4 heteroatoms. The zero-order chi connectivity index (χ0) is 13.5. The van der Waals surface area contributed by atoms with Crippen molar-refractivity contribution in [3.05, 3.63) is 33.0 Å². The largest absolute Gasteiger partial charge is 0.458 e. The van der Waals surface area contributed by atoms with E-state index in [1.165, 1.54) is 0 Å². The van der Waals surface area contributed by atoms with Crippen LogP contribution in [0.5, 0.6) is 0 Å². The van der Waals surface area contributed by atoms with Crippen LogP contribution in [0, 0.1) is 6.92 Å². The molecule has 0 fully saturated rings. The molecule has 0 spiro atoms. The highest BCUT2D eigenvalue weighted by molar-refractivity contribution is 9.10. The van der Waals surface area contributed by atoms with E-state index in [2.05, 4.69) is 48.9 Å². The molecule has 2 rings (SSSR count). The number of nitrogens with one attached hydrogen (secondary N) is 1. The van der Waals surface area contributed by atoms with Crippen molar-refractivity contribution in [2.45, 2.75) is 39.8 Å². The normalized spacial score (nSPS) is 12.3. The molecule has 0 atom stereocenters. The molecule has 98 valence electrons. The van der Waals surface area contributed by atoms with Gasteiger partial charge in [0.15, 0.2) is 5.58 Å². The van der Waals surface area contributed by atoms with Crippen LogP contribution in [0.1, 0.15) is 32.1 Å². The van der Waals surface area contributed by atoms with Crippen LogP contribution < -0.4 is 5.32 Å². The van der Waals surface area contributed by atoms with Gasteiger partial charge in [-0.25, -0.2) is 0 Å². The molecular weight excluding hydrogens is 314 g/mol. The first-order valence-electron chi connectivity index (χ1n) is 5.90. The molecule has 1 heterocycles. The molecule has 0 saturated heterocycles. The van der Waals surface area contributed by atoms with Crippen LogP contribution in [0.3, 0.4) is 0 Å². The van der Waals surface area contributed by atoms with E-state index < -0.39 is 0 Å². The summed E-state index contributed by atoms with van der Waals surface area (Å²) in [5.41, 5.74) is 1.98. The van der Waals surface area contributed by atoms with E-state index in [0.717, 1.165) is 26.8 Å². The van der Waals surface area contributed by atoms with Crippen LogP contribution >= 0.6 is 27.5 Å². The van der Waals surface area contributed by atoms with Crippen molar-refractivity contribution >= 4 is 38.5 Å². The molecule has 0 unspecified atom stereocenters. The summed E-state index contributed by atoms with van der Waals surface area (Å²) in [7, 11) is 0. The van der Waals surface area contributed by atoms with Gasteiger partial charge in [-0.15, -0.1) is 0 Å². The fourth-order valence-corrected chi connectivity index (χ4v) is 2.65. The van der Waals surface area contributed by atoms with Gasteiger partial charge in [0.2, 0.25) is 0 Å². The average Bonchev–Trinajstić information content (AvgIpc) is 2.53. The summed E-state index contributed by atoms with van der Waals surface area (Å²) in [6.45, 7) is 9.17. The SMILES string of the molecule is Cc1c(CNC(C)(C)C)oc2c(Cl)cc(Br)cc12. The van der Waals surface area contributed by atoms with Crippen LogP contribution in [0.15, 0.2) is 21.0 Å². The summed E-state index contributed by atoms with van der Waals surface area (Å²) in [4.78, 5) is 0. The maximum Gasteiger partial charge on any atom is 0.153 e. The van der Waals surface area contributed by atoms with Gasteiger partial charge < -0.3 is 9.73 Å². The minimum atomic E-state index is 0.0653. The number of hydrogen-bond acceptors (Lipinski definition) is 2. The molecular formula is C14H17BrClNO. The van der Waals surface area contributed by atoms with E-state index in [1.54, 1.807) is 0 Å². The summed E-state index contributed by atoms with van der Waals surface area (Å²) in [6, 6.07) is 3.90. The molecule has 0 aliphatic rings. The third-order valence-electron chi connectivity index (χ3n) is 2.84. The molecule has 18 heavy (non-hydrogen) atoms. The third-order valence-corrected chi connectivity index (χ3v) is 3.57. The minimum absolute atomic E-state index is 0.0653. The maximum atomic E-state index is 6.19. The summed E-state index contributed by atoms with van der Waals surface area (Å²) >= 11 is 9.65. The summed E-state index contributed by atoms with van der Waals surface area (Å²) in [5, 5.41) is 5.14. The molecule has 0 aliphatic heterocycles. The molecule has 0 radical (unpaired) electrons. The fraction of sp³-hybridized carbons (Fsp3) is 0.429.